The lowest BCUT2D eigenvalue weighted by molar-refractivity contribution is -0.149. The van der Waals surface area contributed by atoms with E-state index in [-0.39, 0.29) is 17.1 Å². The van der Waals surface area contributed by atoms with Gasteiger partial charge in [0.2, 0.25) is 0 Å². The number of ketones is 1. The van der Waals surface area contributed by atoms with Crippen LogP contribution in [0, 0.1) is 122 Å². The van der Waals surface area contributed by atoms with Gasteiger partial charge in [0.1, 0.15) is 5.78 Å². The minimum atomic E-state index is -0.371. The number of nitriles is 2. The number of nitrogens with zero attached hydrogens (tertiary/aromatic N) is 2. The second-order valence-corrected chi connectivity index (χ2v) is 22.4. The van der Waals surface area contributed by atoms with Crippen LogP contribution in [0.15, 0.2) is 0 Å². The zero-order chi connectivity index (χ0) is 37.5. The van der Waals surface area contributed by atoms with E-state index in [9.17, 15) is 15.0 Å². The molecule has 0 spiro atoms. The SMILES string of the molecule is CC.CC12CC3CC(C1)C(=O)C(C3)C2.CC12CC3CC(C1)C(C#N)C(C3)C2.N#CC1C2CC3CC1CC(O)(C3)C2.NCC1C2CC3CC1CC(O)(C3)C2. The molecule has 0 heterocycles. The van der Waals surface area contributed by atoms with E-state index >= 15 is 0 Å². The number of nitrogens with two attached hydrogens (primary N) is 1. The fraction of sp³-hybridized carbons (Fsp3) is 0.936. The Balaban J connectivity index is 0.0000000991. The van der Waals surface area contributed by atoms with E-state index in [1.54, 1.807) is 0 Å². The first-order valence-electron chi connectivity index (χ1n) is 22.7. The summed E-state index contributed by atoms with van der Waals surface area (Å²) >= 11 is 0. The quantitative estimate of drug-likeness (QED) is 0.247. The smallest absolute Gasteiger partial charge is 0.139 e. The Bertz CT molecular complexity index is 1340. The summed E-state index contributed by atoms with van der Waals surface area (Å²) in [5.74, 6) is 10.5. The molecular weight excluding hydrogens is 655 g/mol. The predicted molar refractivity (Wildman–Crippen MR) is 207 cm³/mol. The Morgan fingerprint density at radius 1 is 0.547 bits per heavy atom. The van der Waals surface area contributed by atoms with Gasteiger partial charge in [0.25, 0.3) is 0 Å². The van der Waals surface area contributed by atoms with Gasteiger partial charge in [-0.2, -0.15) is 10.5 Å². The summed E-state index contributed by atoms with van der Waals surface area (Å²) in [5.41, 5.74) is 6.36. The molecular formula is C47H73N3O3. The van der Waals surface area contributed by atoms with Crippen molar-refractivity contribution in [1.29, 1.82) is 10.5 Å². The lowest BCUT2D eigenvalue weighted by atomic mass is 9.47. The maximum atomic E-state index is 11.7. The van der Waals surface area contributed by atoms with Gasteiger partial charge in [0.05, 0.1) is 35.2 Å². The van der Waals surface area contributed by atoms with Gasteiger partial charge in [0, 0.05) is 11.8 Å². The molecule has 0 aromatic heterocycles. The van der Waals surface area contributed by atoms with Crippen LogP contribution in [0.2, 0.25) is 0 Å². The largest absolute Gasteiger partial charge is 0.390 e. The highest BCUT2D eigenvalue weighted by molar-refractivity contribution is 5.85. The summed E-state index contributed by atoms with van der Waals surface area (Å²) < 4.78 is 0. The van der Waals surface area contributed by atoms with Crippen molar-refractivity contribution in [3.05, 3.63) is 0 Å². The van der Waals surface area contributed by atoms with Crippen LogP contribution in [-0.2, 0) is 4.79 Å². The number of hydrogen-bond acceptors (Lipinski definition) is 6. The first kappa shape index (κ1) is 38.4. The van der Waals surface area contributed by atoms with Crippen LogP contribution in [0.4, 0.5) is 0 Å². The lowest BCUT2D eigenvalue weighted by Gasteiger charge is -2.58. The molecule has 16 rings (SSSR count). The standard InChI is InChI=1S/C12H17N.C11H19NO.C11H15NO.C11H16O.C2H6/c1-12-4-8-2-9(5-12)11(7-13)10(3-8)6-12;2*12-6-10-8-1-7-2-9(10)5-11(13,3-7)4-8;1-11-4-7-2-8(5-11)10(12)9(3-7)6-11;1-2/h8-11H,2-6H2,1H3;7-10,13H,1-6,12H2;7-10,13H,1-5H2;7-9H,2-6H2,1H3;1-2H3. The van der Waals surface area contributed by atoms with Gasteiger partial charge in [-0.05, 0) is 211 Å². The minimum absolute atomic E-state index is 0.261. The van der Waals surface area contributed by atoms with E-state index in [1.165, 1.54) is 89.9 Å². The molecule has 16 aliphatic carbocycles. The number of Topliss-reactive ketones (excluding diaryl/α,β-unsaturated/α-hetero) is 1. The van der Waals surface area contributed by atoms with Gasteiger partial charge in [-0.3, -0.25) is 4.79 Å². The second-order valence-electron chi connectivity index (χ2n) is 22.4. The van der Waals surface area contributed by atoms with Crippen LogP contribution >= 0.6 is 0 Å². The molecule has 0 amide bonds. The van der Waals surface area contributed by atoms with Crippen molar-refractivity contribution in [2.24, 2.45) is 105 Å². The van der Waals surface area contributed by atoms with Crippen LogP contribution in [0.5, 0.6) is 0 Å². The summed E-state index contributed by atoms with van der Waals surface area (Å²) in [6.45, 7) is 9.69. The Morgan fingerprint density at radius 3 is 1.25 bits per heavy atom. The van der Waals surface area contributed by atoms with Gasteiger partial charge in [-0.25, -0.2) is 0 Å². The molecule has 0 aromatic rings. The van der Waals surface area contributed by atoms with Crippen molar-refractivity contribution in [1.82, 2.24) is 0 Å². The maximum Gasteiger partial charge on any atom is 0.139 e. The van der Waals surface area contributed by atoms with E-state index in [1.807, 2.05) is 13.8 Å². The molecule has 16 fully saturated rings. The third-order valence-electron chi connectivity index (χ3n) is 18.1. The molecule has 0 aliphatic heterocycles. The molecule has 4 N–H and O–H groups in total. The van der Waals surface area contributed by atoms with Gasteiger partial charge < -0.3 is 15.9 Å². The van der Waals surface area contributed by atoms with Crippen molar-refractivity contribution in [2.75, 3.05) is 6.54 Å². The first-order chi connectivity index (χ1) is 25.3. The number of hydrogen-bond donors (Lipinski definition) is 3. The Labute approximate surface area is 321 Å². The maximum absolute atomic E-state index is 11.7. The molecule has 6 heteroatoms. The molecule has 16 saturated carbocycles. The number of carbonyl (C=O) groups excluding carboxylic acids is 1. The zero-order valence-electron chi connectivity index (χ0n) is 33.8. The molecule has 294 valence electrons. The van der Waals surface area contributed by atoms with Crippen LogP contribution in [-0.4, -0.2) is 33.7 Å². The molecule has 8 atom stereocenters. The van der Waals surface area contributed by atoms with Crippen molar-refractivity contribution in [3.8, 4) is 12.1 Å². The first-order valence-corrected chi connectivity index (χ1v) is 22.7. The number of aliphatic hydroxyl groups is 2. The van der Waals surface area contributed by atoms with Crippen molar-refractivity contribution in [2.45, 2.75) is 167 Å². The van der Waals surface area contributed by atoms with Crippen LogP contribution in [0.3, 0.4) is 0 Å². The highest BCUT2D eigenvalue weighted by Gasteiger charge is 2.57. The highest BCUT2D eigenvalue weighted by Crippen LogP contribution is 2.63. The molecule has 16 bridgehead atoms. The van der Waals surface area contributed by atoms with Crippen LogP contribution in [0.25, 0.3) is 0 Å². The Kier molecular flexibility index (Phi) is 10.3. The highest BCUT2D eigenvalue weighted by atomic mass is 16.3. The normalized spacial score (nSPS) is 55.6. The average Bonchev–Trinajstić information content (AvgIpc) is 3.06. The lowest BCUT2D eigenvalue weighted by Crippen LogP contribution is -2.56. The third kappa shape index (κ3) is 7.20. The van der Waals surface area contributed by atoms with Gasteiger partial charge in [-0.15, -0.1) is 0 Å². The van der Waals surface area contributed by atoms with Crippen molar-refractivity contribution < 1.29 is 15.0 Å². The van der Waals surface area contributed by atoms with Crippen LogP contribution in [0.1, 0.15) is 156 Å². The van der Waals surface area contributed by atoms with Gasteiger partial charge in [-0.1, -0.05) is 27.7 Å². The minimum Gasteiger partial charge on any atom is -0.390 e. The molecule has 8 unspecified atom stereocenters. The van der Waals surface area contributed by atoms with Gasteiger partial charge >= 0.3 is 0 Å². The van der Waals surface area contributed by atoms with E-state index in [0.717, 1.165) is 98.3 Å². The molecule has 53 heavy (non-hydrogen) atoms. The summed E-state index contributed by atoms with van der Waals surface area (Å²) in [5, 5.41) is 38.7. The molecule has 16 aliphatic rings. The molecule has 0 aromatic carbocycles. The summed E-state index contributed by atoms with van der Waals surface area (Å²) in [6, 6.07) is 5.02. The van der Waals surface area contributed by atoms with Gasteiger partial charge in [0.15, 0.2) is 0 Å². The van der Waals surface area contributed by atoms with E-state index in [2.05, 4.69) is 26.0 Å². The topological polar surface area (TPSA) is 131 Å². The molecule has 0 saturated heterocycles. The van der Waals surface area contributed by atoms with Crippen LogP contribution < -0.4 is 5.73 Å². The molecule has 0 radical (unpaired) electrons. The Morgan fingerprint density at radius 2 is 0.887 bits per heavy atom. The third-order valence-corrected chi connectivity index (χ3v) is 18.1. The summed E-state index contributed by atoms with van der Waals surface area (Å²) in [6.07, 6.45) is 24.2. The summed E-state index contributed by atoms with van der Waals surface area (Å²) in [4.78, 5) is 11.7. The van der Waals surface area contributed by atoms with E-state index < -0.39 is 0 Å². The summed E-state index contributed by atoms with van der Waals surface area (Å²) in [7, 11) is 0. The monoisotopic (exact) mass is 728 g/mol. The fourth-order valence-electron chi connectivity index (χ4n) is 17.4. The van der Waals surface area contributed by atoms with E-state index in [4.69, 9.17) is 16.3 Å². The zero-order valence-corrected chi connectivity index (χ0v) is 33.8. The fourth-order valence-corrected chi connectivity index (χ4v) is 17.4. The average molecular weight is 728 g/mol. The molecule has 6 nitrogen and oxygen atoms in total. The Hall–Kier alpha value is -1.47. The second kappa shape index (κ2) is 14.2. The van der Waals surface area contributed by atoms with E-state index in [0.29, 0.717) is 46.2 Å². The predicted octanol–water partition coefficient (Wildman–Crippen LogP) is 9.23. The van der Waals surface area contributed by atoms with Crippen molar-refractivity contribution in [3.63, 3.8) is 0 Å². The number of rotatable bonds is 1. The van der Waals surface area contributed by atoms with Crippen molar-refractivity contribution >= 4 is 5.78 Å². The number of carbonyl (C=O) groups is 1.